The first-order valence-electron chi connectivity index (χ1n) is 6.18. The number of rotatable bonds is 4. The first-order valence-corrected chi connectivity index (χ1v) is 6.18. The van der Waals surface area contributed by atoms with Gasteiger partial charge in [0, 0.05) is 12.1 Å². The van der Waals surface area contributed by atoms with Crippen molar-refractivity contribution in [2.24, 2.45) is 11.3 Å². The van der Waals surface area contributed by atoms with Crippen LogP contribution < -0.4 is 5.32 Å². The Hall–Kier alpha value is -1.32. The second-order valence-corrected chi connectivity index (χ2v) is 5.96. The number of nitrogens with zero attached hydrogens (tertiary/aromatic N) is 1. The minimum absolute atomic E-state index is 0.0714. The highest BCUT2D eigenvalue weighted by Gasteiger charge is 2.33. The van der Waals surface area contributed by atoms with Gasteiger partial charge in [0.15, 0.2) is 5.69 Å². The van der Waals surface area contributed by atoms with Crippen molar-refractivity contribution in [1.82, 2.24) is 10.5 Å². The molecule has 1 aliphatic rings. The van der Waals surface area contributed by atoms with Gasteiger partial charge in [0.1, 0.15) is 6.26 Å². The molecule has 0 saturated heterocycles. The number of hydrogen-bond acceptors (Lipinski definition) is 3. The van der Waals surface area contributed by atoms with Crippen LogP contribution in [0.5, 0.6) is 0 Å². The number of amides is 1. The second kappa shape index (κ2) is 4.51. The lowest BCUT2D eigenvalue weighted by Gasteiger charge is -2.31. The topological polar surface area (TPSA) is 55.1 Å². The fourth-order valence-corrected chi connectivity index (χ4v) is 1.88. The van der Waals surface area contributed by atoms with Crippen molar-refractivity contribution >= 4 is 5.91 Å². The molecule has 1 atom stereocenters. The van der Waals surface area contributed by atoms with E-state index in [1.54, 1.807) is 6.07 Å². The first kappa shape index (κ1) is 12.1. The van der Waals surface area contributed by atoms with Crippen LogP contribution in [0.2, 0.25) is 0 Å². The molecule has 0 aromatic carbocycles. The molecule has 2 rings (SSSR count). The zero-order valence-corrected chi connectivity index (χ0v) is 10.7. The quantitative estimate of drug-likeness (QED) is 0.874. The van der Waals surface area contributed by atoms with Crippen LogP contribution in [0.15, 0.2) is 16.9 Å². The smallest absolute Gasteiger partial charge is 0.273 e. The van der Waals surface area contributed by atoms with E-state index in [4.69, 9.17) is 0 Å². The minimum atomic E-state index is -0.140. The zero-order chi connectivity index (χ0) is 12.5. The van der Waals surface area contributed by atoms with Crippen molar-refractivity contribution in [3.63, 3.8) is 0 Å². The van der Waals surface area contributed by atoms with E-state index in [-0.39, 0.29) is 17.4 Å². The predicted molar refractivity (Wildman–Crippen MR) is 64.6 cm³/mol. The van der Waals surface area contributed by atoms with Crippen molar-refractivity contribution in [2.75, 3.05) is 0 Å². The molecule has 1 heterocycles. The summed E-state index contributed by atoms with van der Waals surface area (Å²) >= 11 is 0. The summed E-state index contributed by atoms with van der Waals surface area (Å²) in [6, 6.07) is 1.78. The van der Waals surface area contributed by atoms with E-state index in [0.29, 0.717) is 5.69 Å². The largest absolute Gasteiger partial charge is 0.364 e. The molecule has 0 aliphatic heterocycles. The highest BCUT2D eigenvalue weighted by atomic mass is 16.5. The summed E-state index contributed by atoms with van der Waals surface area (Å²) < 4.78 is 4.69. The monoisotopic (exact) mass is 236 g/mol. The number of aromatic nitrogens is 1. The Morgan fingerprint density at radius 3 is 2.76 bits per heavy atom. The first-order chi connectivity index (χ1) is 7.97. The maximum absolute atomic E-state index is 11.9. The molecule has 1 unspecified atom stereocenters. The molecule has 1 saturated carbocycles. The Kier molecular flexibility index (Phi) is 3.22. The van der Waals surface area contributed by atoms with Gasteiger partial charge in [-0.1, -0.05) is 38.8 Å². The van der Waals surface area contributed by atoms with E-state index in [2.05, 4.69) is 35.8 Å². The molecule has 4 heteroatoms. The molecule has 1 amide bonds. The Labute approximate surface area is 102 Å². The lowest BCUT2D eigenvalue weighted by atomic mass is 9.83. The van der Waals surface area contributed by atoms with Crippen LogP contribution in [0, 0.1) is 11.3 Å². The van der Waals surface area contributed by atoms with Gasteiger partial charge < -0.3 is 9.84 Å². The Bertz CT molecular complexity index is 375. The van der Waals surface area contributed by atoms with Crippen LogP contribution in [-0.4, -0.2) is 17.1 Å². The van der Waals surface area contributed by atoms with Gasteiger partial charge in [-0.25, -0.2) is 0 Å². The van der Waals surface area contributed by atoms with Gasteiger partial charge >= 0.3 is 0 Å². The Morgan fingerprint density at radius 1 is 1.59 bits per heavy atom. The van der Waals surface area contributed by atoms with Gasteiger partial charge in [-0.2, -0.15) is 0 Å². The average molecular weight is 236 g/mol. The van der Waals surface area contributed by atoms with E-state index in [9.17, 15) is 4.79 Å². The van der Waals surface area contributed by atoms with Gasteiger partial charge in [-0.3, -0.25) is 4.79 Å². The van der Waals surface area contributed by atoms with Gasteiger partial charge in [0.2, 0.25) is 0 Å². The summed E-state index contributed by atoms with van der Waals surface area (Å²) in [5, 5.41) is 6.73. The van der Waals surface area contributed by atoms with Crippen molar-refractivity contribution in [2.45, 2.75) is 46.1 Å². The summed E-state index contributed by atoms with van der Waals surface area (Å²) in [7, 11) is 0. The molecule has 94 valence electrons. The molecule has 1 fully saturated rings. The van der Waals surface area contributed by atoms with Crippen LogP contribution in [0.1, 0.15) is 50.5 Å². The van der Waals surface area contributed by atoms with Crippen molar-refractivity contribution in [3.05, 3.63) is 18.0 Å². The van der Waals surface area contributed by atoms with Crippen LogP contribution >= 0.6 is 0 Å². The summed E-state index contributed by atoms with van der Waals surface area (Å²) in [5.74, 6) is 0.649. The molecular formula is C13H20N2O2. The number of nitrogens with one attached hydrogen (secondary N) is 1. The fraction of sp³-hybridized carbons (Fsp3) is 0.692. The summed E-state index contributed by atoms with van der Waals surface area (Å²) in [6.07, 6.45) is 5.08. The van der Waals surface area contributed by atoms with Gasteiger partial charge in [-0.05, 0) is 17.8 Å². The van der Waals surface area contributed by atoms with E-state index in [1.807, 2.05) is 0 Å². The van der Waals surface area contributed by atoms with E-state index >= 15 is 0 Å². The highest BCUT2D eigenvalue weighted by Crippen LogP contribution is 2.37. The van der Waals surface area contributed by atoms with Gasteiger partial charge in [0.05, 0.1) is 0 Å². The maximum atomic E-state index is 11.9. The molecule has 1 aromatic heterocycles. The number of hydrogen-bond donors (Lipinski definition) is 1. The molecule has 17 heavy (non-hydrogen) atoms. The Morgan fingerprint density at radius 2 is 2.29 bits per heavy atom. The predicted octanol–water partition coefficient (Wildman–Crippen LogP) is 2.62. The van der Waals surface area contributed by atoms with Crippen molar-refractivity contribution in [3.8, 4) is 0 Å². The third-order valence-corrected chi connectivity index (χ3v) is 3.29. The molecule has 1 N–H and O–H groups in total. The summed E-state index contributed by atoms with van der Waals surface area (Å²) in [6.45, 7) is 6.47. The van der Waals surface area contributed by atoms with Gasteiger partial charge in [0.25, 0.3) is 5.91 Å². The maximum Gasteiger partial charge on any atom is 0.273 e. The molecule has 1 aliphatic carbocycles. The standard InChI is InChI=1S/C13H20N2O2/c1-13(2,3)11(8-9-4-5-9)14-12(16)10-6-7-17-15-10/h6-7,9,11H,4-5,8H2,1-3H3,(H,14,16). The molecule has 0 spiro atoms. The minimum Gasteiger partial charge on any atom is -0.364 e. The third kappa shape index (κ3) is 3.32. The molecule has 1 aromatic rings. The van der Waals surface area contributed by atoms with Crippen LogP contribution in [0.25, 0.3) is 0 Å². The molecule has 0 radical (unpaired) electrons. The lowest BCUT2D eigenvalue weighted by molar-refractivity contribution is 0.0885. The molecule has 0 bridgehead atoms. The summed E-state index contributed by atoms with van der Waals surface area (Å²) in [4.78, 5) is 11.9. The van der Waals surface area contributed by atoms with Crippen molar-refractivity contribution < 1.29 is 9.32 Å². The highest BCUT2D eigenvalue weighted by molar-refractivity contribution is 5.92. The van der Waals surface area contributed by atoms with Crippen LogP contribution in [-0.2, 0) is 0 Å². The Balaban J connectivity index is 1.99. The second-order valence-electron chi connectivity index (χ2n) is 5.96. The lowest BCUT2D eigenvalue weighted by Crippen LogP contribution is -2.44. The number of carbonyl (C=O) groups is 1. The normalized spacial score (nSPS) is 17.8. The number of carbonyl (C=O) groups excluding carboxylic acids is 1. The van der Waals surface area contributed by atoms with E-state index in [0.717, 1.165) is 12.3 Å². The van der Waals surface area contributed by atoms with Crippen LogP contribution in [0.4, 0.5) is 0 Å². The van der Waals surface area contributed by atoms with E-state index < -0.39 is 0 Å². The SMILES string of the molecule is CC(C)(C)C(CC1CC1)NC(=O)c1ccon1. The third-order valence-electron chi connectivity index (χ3n) is 3.29. The van der Waals surface area contributed by atoms with Gasteiger partial charge in [-0.15, -0.1) is 0 Å². The summed E-state index contributed by atoms with van der Waals surface area (Å²) in [5.41, 5.74) is 0.428. The molecule has 4 nitrogen and oxygen atoms in total. The fourth-order valence-electron chi connectivity index (χ4n) is 1.88. The zero-order valence-electron chi connectivity index (χ0n) is 10.7. The van der Waals surface area contributed by atoms with Crippen LogP contribution in [0.3, 0.4) is 0 Å². The van der Waals surface area contributed by atoms with E-state index in [1.165, 1.54) is 19.1 Å². The molecular weight excluding hydrogens is 216 g/mol. The van der Waals surface area contributed by atoms with Crippen molar-refractivity contribution in [1.29, 1.82) is 0 Å². The average Bonchev–Trinajstić information content (AvgIpc) is 2.88.